The third kappa shape index (κ3) is 2.80. The first-order valence-corrected chi connectivity index (χ1v) is 6.04. The molecule has 0 spiro atoms. The molecule has 0 amide bonds. The molecule has 5 nitrogen and oxygen atoms in total. The molecule has 0 radical (unpaired) electrons. The first-order chi connectivity index (χ1) is 7.81. The molecule has 1 aliphatic rings. The van der Waals surface area contributed by atoms with Gasteiger partial charge in [0.05, 0.1) is 12.8 Å². The van der Waals surface area contributed by atoms with Gasteiger partial charge in [0, 0.05) is 13.1 Å². The van der Waals surface area contributed by atoms with Crippen molar-refractivity contribution in [1.82, 2.24) is 19.9 Å². The number of aromatic nitrogens is 3. The first kappa shape index (κ1) is 11.5. The zero-order valence-electron chi connectivity index (χ0n) is 9.84. The van der Waals surface area contributed by atoms with Gasteiger partial charge in [-0.25, -0.2) is 0 Å². The number of aliphatic hydroxyl groups excluding tert-OH is 1. The molecule has 1 aromatic heterocycles. The molecule has 2 heterocycles. The van der Waals surface area contributed by atoms with Gasteiger partial charge in [0.1, 0.15) is 5.69 Å². The second-order valence-corrected chi connectivity index (χ2v) is 4.55. The molecule has 1 aliphatic heterocycles. The lowest BCUT2D eigenvalue weighted by Gasteiger charge is -2.14. The molecule has 1 saturated heterocycles. The maximum atomic E-state index is 8.90. The van der Waals surface area contributed by atoms with Gasteiger partial charge in [0.25, 0.3) is 0 Å². The molecule has 1 atom stereocenters. The second-order valence-electron chi connectivity index (χ2n) is 4.55. The summed E-state index contributed by atoms with van der Waals surface area (Å²) in [5.41, 5.74) is 0.656. The van der Waals surface area contributed by atoms with Crippen molar-refractivity contribution in [2.75, 3.05) is 19.6 Å². The van der Waals surface area contributed by atoms with E-state index in [-0.39, 0.29) is 6.61 Å². The second kappa shape index (κ2) is 5.41. The van der Waals surface area contributed by atoms with Gasteiger partial charge in [-0.2, -0.15) is 0 Å². The molecule has 1 aromatic rings. The molecule has 16 heavy (non-hydrogen) atoms. The fourth-order valence-electron chi connectivity index (χ4n) is 2.35. The lowest BCUT2D eigenvalue weighted by Crippen LogP contribution is -2.22. The highest BCUT2D eigenvalue weighted by Gasteiger charge is 2.22. The Balaban J connectivity index is 1.82. The molecule has 1 unspecified atom stereocenters. The molecule has 2 rings (SSSR count). The van der Waals surface area contributed by atoms with Crippen molar-refractivity contribution in [3.05, 3.63) is 11.9 Å². The Morgan fingerprint density at radius 3 is 3.12 bits per heavy atom. The van der Waals surface area contributed by atoms with Gasteiger partial charge in [-0.1, -0.05) is 12.1 Å². The van der Waals surface area contributed by atoms with E-state index in [1.54, 1.807) is 0 Å². The molecule has 0 bridgehead atoms. The summed E-state index contributed by atoms with van der Waals surface area (Å²) in [4.78, 5) is 2.51. The monoisotopic (exact) mass is 224 g/mol. The van der Waals surface area contributed by atoms with Crippen LogP contribution in [0.1, 0.15) is 25.5 Å². The number of nitrogens with zero attached hydrogens (tertiary/aromatic N) is 4. The summed E-state index contributed by atoms with van der Waals surface area (Å²) in [6.07, 6.45) is 4.31. The van der Waals surface area contributed by atoms with Gasteiger partial charge >= 0.3 is 0 Å². The van der Waals surface area contributed by atoms with E-state index >= 15 is 0 Å². The quantitative estimate of drug-likeness (QED) is 0.791. The fourth-order valence-corrected chi connectivity index (χ4v) is 2.35. The predicted molar refractivity (Wildman–Crippen MR) is 60.8 cm³/mol. The van der Waals surface area contributed by atoms with Crippen molar-refractivity contribution < 1.29 is 5.11 Å². The van der Waals surface area contributed by atoms with Crippen molar-refractivity contribution in [2.45, 2.75) is 32.9 Å². The molecular formula is C11H20N4O. The van der Waals surface area contributed by atoms with Gasteiger partial charge in [-0.3, -0.25) is 4.68 Å². The van der Waals surface area contributed by atoms with Crippen molar-refractivity contribution in [3.63, 3.8) is 0 Å². The van der Waals surface area contributed by atoms with Crippen LogP contribution >= 0.6 is 0 Å². The van der Waals surface area contributed by atoms with E-state index in [1.807, 2.05) is 10.9 Å². The summed E-state index contributed by atoms with van der Waals surface area (Å²) in [6.45, 7) is 6.70. The lowest BCUT2D eigenvalue weighted by molar-refractivity contribution is 0.276. The summed E-state index contributed by atoms with van der Waals surface area (Å²) >= 11 is 0. The van der Waals surface area contributed by atoms with Crippen LogP contribution in [0.25, 0.3) is 0 Å². The SMILES string of the molecule is CCCN1CCC(Cn2cc(CO)nn2)C1. The maximum Gasteiger partial charge on any atom is 0.108 e. The van der Waals surface area contributed by atoms with Crippen molar-refractivity contribution in [2.24, 2.45) is 5.92 Å². The van der Waals surface area contributed by atoms with Gasteiger partial charge in [-0.05, 0) is 31.8 Å². The number of rotatable bonds is 5. The highest BCUT2D eigenvalue weighted by Crippen LogP contribution is 2.17. The predicted octanol–water partition coefficient (Wildman–Crippen LogP) is 0.502. The minimum absolute atomic E-state index is 0.0212. The number of likely N-dealkylation sites (tertiary alicyclic amines) is 1. The number of aliphatic hydroxyl groups is 1. The van der Waals surface area contributed by atoms with Crippen LogP contribution in [0, 0.1) is 5.92 Å². The summed E-state index contributed by atoms with van der Waals surface area (Å²) in [5.74, 6) is 0.680. The number of hydrogen-bond donors (Lipinski definition) is 1. The van der Waals surface area contributed by atoms with E-state index in [4.69, 9.17) is 5.11 Å². The molecule has 90 valence electrons. The standard InChI is InChI=1S/C11H20N4O/c1-2-4-14-5-3-10(6-14)7-15-8-11(9-16)12-13-15/h8,10,16H,2-7,9H2,1H3. The van der Waals surface area contributed by atoms with Crippen molar-refractivity contribution >= 4 is 0 Å². The van der Waals surface area contributed by atoms with Gasteiger partial charge in [0.2, 0.25) is 0 Å². The first-order valence-electron chi connectivity index (χ1n) is 6.04. The molecule has 0 aromatic carbocycles. The normalized spacial score (nSPS) is 21.8. The molecule has 1 fully saturated rings. The maximum absolute atomic E-state index is 8.90. The summed E-state index contributed by atoms with van der Waals surface area (Å²) in [7, 11) is 0. The van der Waals surface area contributed by atoms with E-state index in [0.717, 1.165) is 6.54 Å². The largest absolute Gasteiger partial charge is 0.390 e. The third-order valence-electron chi connectivity index (χ3n) is 3.10. The van der Waals surface area contributed by atoms with Crippen LogP contribution in [0.3, 0.4) is 0 Å². The smallest absolute Gasteiger partial charge is 0.108 e. The van der Waals surface area contributed by atoms with E-state index in [9.17, 15) is 0 Å². The van der Waals surface area contributed by atoms with Crippen LogP contribution in [0.5, 0.6) is 0 Å². The van der Waals surface area contributed by atoms with E-state index in [2.05, 4.69) is 22.1 Å². The van der Waals surface area contributed by atoms with Crippen LogP contribution in [-0.4, -0.2) is 44.6 Å². The van der Waals surface area contributed by atoms with Gasteiger partial charge in [-0.15, -0.1) is 5.10 Å². The Hall–Kier alpha value is -0.940. The molecule has 0 aliphatic carbocycles. The molecule has 1 N–H and O–H groups in total. The van der Waals surface area contributed by atoms with E-state index in [0.29, 0.717) is 11.6 Å². The molecule has 5 heteroatoms. The molecule has 0 saturated carbocycles. The van der Waals surface area contributed by atoms with Crippen LogP contribution in [0.4, 0.5) is 0 Å². The van der Waals surface area contributed by atoms with Gasteiger partial charge < -0.3 is 10.0 Å². The highest BCUT2D eigenvalue weighted by molar-refractivity contribution is 4.89. The Bertz CT molecular complexity index is 326. The zero-order valence-corrected chi connectivity index (χ0v) is 9.84. The minimum atomic E-state index is -0.0212. The lowest BCUT2D eigenvalue weighted by atomic mass is 10.1. The van der Waals surface area contributed by atoms with Crippen LogP contribution < -0.4 is 0 Å². The van der Waals surface area contributed by atoms with Crippen LogP contribution in [0.2, 0.25) is 0 Å². The summed E-state index contributed by atoms with van der Waals surface area (Å²) < 4.78 is 1.85. The molecular weight excluding hydrogens is 204 g/mol. The zero-order chi connectivity index (χ0) is 11.4. The van der Waals surface area contributed by atoms with Crippen LogP contribution in [0.15, 0.2) is 6.20 Å². The van der Waals surface area contributed by atoms with Crippen molar-refractivity contribution in [3.8, 4) is 0 Å². The van der Waals surface area contributed by atoms with E-state index < -0.39 is 0 Å². The fraction of sp³-hybridized carbons (Fsp3) is 0.818. The number of hydrogen-bond acceptors (Lipinski definition) is 4. The minimum Gasteiger partial charge on any atom is -0.390 e. The average molecular weight is 224 g/mol. The Labute approximate surface area is 96.1 Å². The summed E-state index contributed by atoms with van der Waals surface area (Å²) in [5, 5.41) is 16.8. The Morgan fingerprint density at radius 2 is 2.44 bits per heavy atom. The highest BCUT2D eigenvalue weighted by atomic mass is 16.3. The summed E-state index contributed by atoms with van der Waals surface area (Å²) in [6, 6.07) is 0. The topological polar surface area (TPSA) is 54.2 Å². The van der Waals surface area contributed by atoms with E-state index in [1.165, 1.54) is 32.5 Å². The Kier molecular flexibility index (Phi) is 3.90. The van der Waals surface area contributed by atoms with Crippen molar-refractivity contribution in [1.29, 1.82) is 0 Å². The average Bonchev–Trinajstić information content (AvgIpc) is 2.89. The van der Waals surface area contributed by atoms with Gasteiger partial charge in [0.15, 0.2) is 0 Å². The third-order valence-corrected chi connectivity index (χ3v) is 3.10. The Morgan fingerprint density at radius 1 is 1.56 bits per heavy atom. The van der Waals surface area contributed by atoms with Crippen LogP contribution in [-0.2, 0) is 13.2 Å².